The second kappa shape index (κ2) is 11.6. The summed E-state index contributed by atoms with van der Waals surface area (Å²) in [6.07, 6.45) is 3.90. The molecule has 0 aliphatic carbocycles. The monoisotopic (exact) mass is 609 g/mol. The molecule has 5 aliphatic rings. The third-order valence-corrected chi connectivity index (χ3v) is 9.05. The van der Waals surface area contributed by atoms with E-state index in [1.807, 2.05) is 19.1 Å². The molecule has 230 valence electrons. The molecule has 44 heavy (non-hydrogen) atoms. The predicted octanol–water partition coefficient (Wildman–Crippen LogP) is 5.86. The molecule has 4 aromatic rings. The highest BCUT2D eigenvalue weighted by Crippen LogP contribution is 2.38. The zero-order valence-electron chi connectivity index (χ0n) is 24.3. The standard InChI is InChI=1S/C32H31F4N5O3/c1-16-22-14-37-30-29(16)38-39-41(30)11-6-4-3-5-7-21-25(33)27(35)24(28(36)26(21)34)31(42)40-12-10-18-8-9-19(13-20(18)15-40)23(22)17(2)32(43)44/h8-9,13-14,17,23H,3-7,10-12,15H2,1-2H3,(H,43,44)/t17-,23+/m0/s1. The molecule has 8 nitrogen and oxygen atoms in total. The van der Waals surface area contributed by atoms with E-state index in [9.17, 15) is 14.7 Å². The van der Waals surface area contributed by atoms with Gasteiger partial charge in [0.15, 0.2) is 28.9 Å². The van der Waals surface area contributed by atoms with Crippen LogP contribution in [0.2, 0.25) is 0 Å². The lowest BCUT2D eigenvalue weighted by molar-refractivity contribution is -0.141. The summed E-state index contributed by atoms with van der Waals surface area (Å²) in [5, 5.41) is 18.7. The summed E-state index contributed by atoms with van der Waals surface area (Å²) in [6.45, 7) is 3.94. The normalized spacial score (nSPS) is 18.2. The molecule has 0 saturated heterocycles. The summed E-state index contributed by atoms with van der Waals surface area (Å²) in [5.74, 6) is -10.2. The van der Waals surface area contributed by atoms with E-state index in [2.05, 4.69) is 15.3 Å². The van der Waals surface area contributed by atoms with Crippen LogP contribution < -0.4 is 0 Å². The van der Waals surface area contributed by atoms with Crippen LogP contribution in [0.15, 0.2) is 24.4 Å². The smallest absolute Gasteiger partial charge is 0.307 e. The first kappa shape index (κ1) is 29.7. The molecule has 2 aromatic heterocycles. The number of carbonyl (C=O) groups excluding carboxylic acids is 1. The Balaban J connectivity index is 1.48. The number of benzene rings is 2. The second-order valence-electron chi connectivity index (χ2n) is 11.7. The molecule has 0 unspecified atom stereocenters. The second-order valence-corrected chi connectivity index (χ2v) is 11.7. The van der Waals surface area contributed by atoms with Crippen LogP contribution in [0, 0.1) is 36.1 Å². The predicted molar refractivity (Wildman–Crippen MR) is 152 cm³/mol. The number of amides is 1. The maximum atomic E-state index is 15.2. The Bertz CT molecular complexity index is 1780. The number of nitrogens with zero attached hydrogens (tertiary/aromatic N) is 5. The first-order chi connectivity index (χ1) is 21.1. The average molecular weight is 610 g/mol. The number of carbonyl (C=O) groups is 2. The van der Waals surface area contributed by atoms with Gasteiger partial charge in [0.1, 0.15) is 11.1 Å². The molecule has 0 spiro atoms. The van der Waals surface area contributed by atoms with Crippen molar-refractivity contribution in [3.05, 3.63) is 86.6 Å². The number of carboxylic acids is 1. The van der Waals surface area contributed by atoms with Gasteiger partial charge < -0.3 is 10.0 Å². The minimum absolute atomic E-state index is 0.0787. The number of carboxylic acid groups (broad SMARTS) is 1. The molecule has 12 heteroatoms. The summed E-state index contributed by atoms with van der Waals surface area (Å²) < 4.78 is 62.1. The molecule has 0 fully saturated rings. The van der Waals surface area contributed by atoms with Crippen LogP contribution in [0.1, 0.15) is 82.3 Å². The van der Waals surface area contributed by atoms with Gasteiger partial charge in [-0.2, -0.15) is 0 Å². The van der Waals surface area contributed by atoms with Crippen LogP contribution in [0.5, 0.6) is 0 Å². The van der Waals surface area contributed by atoms with Gasteiger partial charge in [0.05, 0.1) is 5.92 Å². The van der Waals surface area contributed by atoms with E-state index < -0.39 is 58.1 Å². The van der Waals surface area contributed by atoms with Crippen molar-refractivity contribution in [2.75, 3.05) is 6.54 Å². The Kier molecular flexibility index (Phi) is 7.85. The van der Waals surface area contributed by atoms with Crippen molar-refractivity contribution in [3.63, 3.8) is 0 Å². The number of aliphatic carboxylic acids is 1. The molecule has 2 aromatic carbocycles. The van der Waals surface area contributed by atoms with Crippen LogP contribution in [0.4, 0.5) is 17.6 Å². The van der Waals surface area contributed by atoms with Gasteiger partial charge in [0, 0.05) is 37.3 Å². The molecule has 2 atom stereocenters. The van der Waals surface area contributed by atoms with Gasteiger partial charge >= 0.3 is 5.97 Å². The molecule has 0 radical (unpaired) electrons. The van der Waals surface area contributed by atoms with E-state index >= 15 is 17.6 Å². The van der Waals surface area contributed by atoms with E-state index in [-0.39, 0.29) is 25.9 Å². The molecule has 7 heterocycles. The van der Waals surface area contributed by atoms with Crippen LogP contribution in [-0.2, 0) is 30.7 Å². The van der Waals surface area contributed by atoms with Crippen molar-refractivity contribution in [2.24, 2.45) is 5.92 Å². The Hall–Kier alpha value is -4.35. The van der Waals surface area contributed by atoms with Crippen molar-refractivity contribution in [3.8, 4) is 0 Å². The van der Waals surface area contributed by atoms with Crippen LogP contribution in [0.3, 0.4) is 0 Å². The number of aromatic nitrogens is 4. The van der Waals surface area contributed by atoms with E-state index in [1.54, 1.807) is 23.9 Å². The highest BCUT2D eigenvalue weighted by Gasteiger charge is 2.34. The van der Waals surface area contributed by atoms with E-state index in [4.69, 9.17) is 0 Å². The van der Waals surface area contributed by atoms with Crippen molar-refractivity contribution in [1.29, 1.82) is 0 Å². The van der Waals surface area contributed by atoms with Crippen LogP contribution in [0.25, 0.3) is 11.2 Å². The topological polar surface area (TPSA) is 101 Å². The van der Waals surface area contributed by atoms with Crippen molar-refractivity contribution in [2.45, 2.75) is 71.4 Å². The molecule has 1 amide bonds. The summed E-state index contributed by atoms with van der Waals surface area (Å²) in [7, 11) is 0. The third kappa shape index (κ3) is 4.99. The fourth-order valence-electron chi connectivity index (χ4n) is 6.49. The number of hydrogen-bond donors (Lipinski definition) is 1. The Morgan fingerprint density at radius 2 is 1.70 bits per heavy atom. The lowest BCUT2D eigenvalue weighted by Gasteiger charge is -2.31. The SMILES string of the molecule is Cc1c2cnc3c1nnn3CCCCCCc1c(F)c(F)c(c(F)c1F)C(=O)N1CCc3ccc(cc3C1)[C@H]2[C@H](C)C(=O)O. The zero-order valence-corrected chi connectivity index (χ0v) is 24.3. The molecule has 5 aliphatic heterocycles. The lowest BCUT2D eigenvalue weighted by atomic mass is 9.79. The van der Waals surface area contributed by atoms with Gasteiger partial charge in [-0.05, 0) is 60.4 Å². The minimum Gasteiger partial charge on any atom is -0.481 e. The fourth-order valence-corrected chi connectivity index (χ4v) is 6.49. The highest BCUT2D eigenvalue weighted by atomic mass is 19.2. The Morgan fingerprint density at radius 3 is 2.43 bits per heavy atom. The van der Waals surface area contributed by atoms with Gasteiger partial charge in [0.2, 0.25) is 0 Å². The van der Waals surface area contributed by atoms with Crippen molar-refractivity contribution >= 4 is 23.0 Å². The number of aryl methyl sites for hydroxylation is 2. The lowest BCUT2D eigenvalue weighted by Crippen LogP contribution is -2.37. The number of hydrogen-bond acceptors (Lipinski definition) is 5. The average Bonchev–Trinajstić information content (AvgIpc) is 3.43. The molecular weight excluding hydrogens is 578 g/mol. The Labute approximate surface area is 250 Å². The number of halogens is 4. The largest absolute Gasteiger partial charge is 0.481 e. The maximum Gasteiger partial charge on any atom is 0.307 e. The number of pyridine rings is 1. The van der Waals surface area contributed by atoms with Gasteiger partial charge in [0.25, 0.3) is 5.91 Å². The van der Waals surface area contributed by atoms with Gasteiger partial charge in [-0.3, -0.25) is 9.59 Å². The number of rotatable bonds is 2. The van der Waals surface area contributed by atoms with Crippen LogP contribution in [-0.4, -0.2) is 48.4 Å². The quantitative estimate of drug-likeness (QED) is 0.226. The van der Waals surface area contributed by atoms with Crippen molar-refractivity contribution < 1.29 is 32.3 Å². The molecule has 9 rings (SSSR count). The third-order valence-electron chi connectivity index (χ3n) is 9.05. The van der Waals surface area contributed by atoms with Gasteiger partial charge in [-0.1, -0.05) is 43.2 Å². The maximum absolute atomic E-state index is 15.2. The van der Waals surface area contributed by atoms with Crippen LogP contribution >= 0.6 is 0 Å². The van der Waals surface area contributed by atoms with E-state index in [1.165, 1.54) is 0 Å². The zero-order chi connectivity index (χ0) is 31.3. The summed E-state index contributed by atoms with van der Waals surface area (Å²) in [5.41, 5.74) is 2.76. The van der Waals surface area contributed by atoms with E-state index in [0.717, 1.165) is 16.0 Å². The van der Waals surface area contributed by atoms with E-state index in [0.29, 0.717) is 60.1 Å². The van der Waals surface area contributed by atoms with Gasteiger partial charge in [-0.15, -0.1) is 5.10 Å². The first-order valence-corrected chi connectivity index (χ1v) is 14.8. The van der Waals surface area contributed by atoms with Crippen molar-refractivity contribution in [1.82, 2.24) is 24.9 Å². The summed E-state index contributed by atoms with van der Waals surface area (Å²) in [6, 6.07) is 5.46. The highest BCUT2D eigenvalue weighted by molar-refractivity contribution is 5.95. The first-order valence-electron chi connectivity index (χ1n) is 14.8. The summed E-state index contributed by atoms with van der Waals surface area (Å²) >= 11 is 0. The minimum atomic E-state index is -1.69. The molecule has 0 saturated carbocycles. The summed E-state index contributed by atoms with van der Waals surface area (Å²) in [4.78, 5) is 31.5. The molecule has 9 bridgehead atoms. The molecule has 1 N–H and O–H groups in total. The Morgan fingerprint density at radius 1 is 0.977 bits per heavy atom. The molecular formula is C32H31F4N5O3. The van der Waals surface area contributed by atoms with Gasteiger partial charge in [-0.25, -0.2) is 27.2 Å². The fraction of sp³-hybridized carbons (Fsp3) is 0.406.